The molecule has 1 unspecified atom stereocenters. The number of nitrogens with zero attached hydrogens (tertiary/aromatic N) is 3. The van der Waals surface area contributed by atoms with Gasteiger partial charge in [0.05, 0.1) is 6.07 Å². The van der Waals surface area contributed by atoms with Gasteiger partial charge in [-0.25, -0.2) is 0 Å². The molecule has 0 aromatic heterocycles. The van der Waals surface area contributed by atoms with Crippen LogP contribution in [-0.2, 0) is 0 Å². The zero-order valence-electron chi connectivity index (χ0n) is 11.3. The smallest absolute Gasteiger partial charge is 0.104 e. The van der Waals surface area contributed by atoms with Gasteiger partial charge in [0.15, 0.2) is 0 Å². The average Bonchev–Trinajstić information content (AvgIpc) is 2.39. The van der Waals surface area contributed by atoms with Crippen molar-refractivity contribution >= 4 is 0 Å². The highest BCUT2D eigenvalue weighted by molar-refractivity contribution is 5.03. The number of hydrogen-bond donors (Lipinski definition) is 1. The van der Waals surface area contributed by atoms with Crippen molar-refractivity contribution in [3.63, 3.8) is 0 Å². The number of nitriles is 1. The van der Waals surface area contributed by atoms with Gasteiger partial charge in [-0.15, -0.1) is 0 Å². The van der Waals surface area contributed by atoms with Crippen molar-refractivity contribution < 1.29 is 0 Å². The van der Waals surface area contributed by atoms with Crippen LogP contribution in [0.15, 0.2) is 0 Å². The molecule has 0 aromatic rings. The third kappa shape index (κ3) is 4.63. The van der Waals surface area contributed by atoms with Crippen LogP contribution in [0.25, 0.3) is 0 Å². The van der Waals surface area contributed by atoms with E-state index in [-0.39, 0.29) is 0 Å². The summed E-state index contributed by atoms with van der Waals surface area (Å²) in [6.07, 6.45) is 2.59. The second-order valence-corrected chi connectivity index (χ2v) is 5.00. The van der Waals surface area contributed by atoms with Gasteiger partial charge in [-0.2, -0.15) is 5.26 Å². The monoisotopic (exact) mass is 238 g/mol. The normalized spacial score (nSPS) is 22.0. The molecule has 0 amide bonds. The summed E-state index contributed by atoms with van der Waals surface area (Å²) in [4.78, 5) is 4.96. The summed E-state index contributed by atoms with van der Waals surface area (Å²) in [6.45, 7) is 11.1. The molecule has 0 bridgehead atoms. The maximum absolute atomic E-state index is 8.99. The Labute approximate surface area is 105 Å². The van der Waals surface area contributed by atoms with Gasteiger partial charge in [-0.05, 0) is 32.4 Å². The highest BCUT2D eigenvalue weighted by Crippen LogP contribution is 2.13. The van der Waals surface area contributed by atoms with E-state index in [1.54, 1.807) is 0 Å². The van der Waals surface area contributed by atoms with Gasteiger partial charge >= 0.3 is 0 Å². The van der Waals surface area contributed by atoms with Crippen LogP contribution in [0.5, 0.6) is 0 Å². The molecule has 0 saturated carbocycles. The number of rotatable bonds is 6. The Morgan fingerprint density at radius 2 is 1.76 bits per heavy atom. The highest BCUT2D eigenvalue weighted by atomic mass is 15.3. The number of likely N-dealkylation sites (N-methyl/N-ethyl adjacent to an activating group) is 1. The first-order valence-corrected chi connectivity index (χ1v) is 6.78. The summed E-state index contributed by atoms with van der Waals surface area (Å²) < 4.78 is 0. The summed E-state index contributed by atoms with van der Waals surface area (Å²) in [5, 5.41) is 8.99. The van der Waals surface area contributed by atoms with E-state index < -0.39 is 5.54 Å². The Morgan fingerprint density at radius 3 is 2.24 bits per heavy atom. The molecule has 2 N–H and O–H groups in total. The van der Waals surface area contributed by atoms with Crippen LogP contribution in [0.4, 0.5) is 0 Å². The fourth-order valence-electron chi connectivity index (χ4n) is 2.26. The van der Waals surface area contributed by atoms with Gasteiger partial charge in [-0.3, -0.25) is 0 Å². The standard InChI is InChI=1S/C13H26N4/c1-3-13(15,12-14)6-5-7-17-10-8-16(4-2)9-11-17/h3-11,15H2,1-2H3. The molecule has 0 aromatic carbocycles. The van der Waals surface area contributed by atoms with Crippen LogP contribution in [0.1, 0.15) is 33.1 Å². The molecule has 17 heavy (non-hydrogen) atoms. The summed E-state index contributed by atoms with van der Waals surface area (Å²) in [6, 6.07) is 2.23. The van der Waals surface area contributed by atoms with Gasteiger partial charge in [0.1, 0.15) is 5.54 Å². The Balaban J connectivity index is 2.18. The topological polar surface area (TPSA) is 56.3 Å². The SMILES string of the molecule is CCN1CCN(CCCC(N)(C#N)CC)CC1. The van der Waals surface area contributed by atoms with Crippen molar-refractivity contribution in [1.82, 2.24) is 9.80 Å². The van der Waals surface area contributed by atoms with Crippen molar-refractivity contribution in [1.29, 1.82) is 5.26 Å². The number of piperazine rings is 1. The number of hydrogen-bond acceptors (Lipinski definition) is 4. The highest BCUT2D eigenvalue weighted by Gasteiger charge is 2.22. The molecule has 1 aliphatic heterocycles. The first-order valence-electron chi connectivity index (χ1n) is 6.78. The van der Waals surface area contributed by atoms with Crippen LogP contribution in [0.3, 0.4) is 0 Å². The molecule has 4 nitrogen and oxygen atoms in total. The molecule has 0 spiro atoms. The molecule has 0 aliphatic carbocycles. The Bertz CT molecular complexity index is 253. The molecule has 1 aliphatic rings. The molecule has 1 atom stereocenters. The molecular formula is C13H26N4. The third-order valence-electron chi connectivity index (χ3n) is 3.86. The fourth-order valence-corrected chi connectivity index (χ4v) is 2.26. The molecule has 1 saturated heterocycles. The molecule has 98 valence electrons. The maximum Gasteiger partial charge on any atom is 0.104 e. The second-order valence-electron chi connectivity index (χ2n) is 5.00. The molecule has 1 fully saturated rings. The summed E-state index contributed by atoms with van der Waals surface area (Å²) >= 11 is 0. The van der Waals surface area contributed by atoms with Crippen LogP contribution in [0.2, 0.25) is 0 Å². The first kappa shape index (κ1) is 14.4. The quantitative estimate of drug-likeness (QED) is 0.751. The van der Waals surface area contributed by atoms with Gasteiger partial charge in [0, 0.05) is 26.2 Å². The zero-order valence-corrected chi connectivity index (χ0v) is 11.3. The van der Waals surface area contributed by atoms with E-state index in [0.29, 0.717) is 0 Å². The maximum atomic E-state index is 8.99. The van der Waals surface area contributed by atoms with E-state index in [9.17, 15) is 0 Å². The Hall–Kier alpha value is -0.630. The fraction of sp³-hybridized carbons (Fsp3) is 0.923. The van der Waals surface area contributed by atoms with Crippen molar-refractivity contribution in [3.05, 3.63) is 0 Å². The molecule has 1 rings (SSSR count). The van der Waals surface area contributed by atoms with Gasteiger partial charge in [-0.1, -0.05) is 13.8 Å². The minimum atomic E-state index is -0.606. The average molecular weight is 238 g/mol. The van der Waals surface area contributed by atoms with Crippen LogP contribution >= 0.6 is 0 Å². The second kappa shape index (κ2) is 6.95. The van der Waals surface area contributed by atoms with Gasteiger partial charge in [0.25, 0.3) is 0 Å². The predicted molar refractivity (Wildman–Crippen MR) is 70.6 cm³/mol. The van der Waals surface area contributed by atoms with Crippen LogP contribution in [-0.4, -0.2) is 54.6 Å². The molecule has 4 heteroatoms. The van der Waals surface area contributed by atoms with E-state index in [1.807, 2.05) is 6.92 Å². The first-order chi connectivity index (χ1) is 8.13. The summed E-state index contributed by atoms with van der Waals surface area (Å²) in [7, 11) is 0. The Kier molecular flexibility index (Phi) is 5.90. The van der Waals surface area contributed by atoms with Crippen molar-refractivity contribution in [2.75, 3.05) is 39.3 Å². The minimum Gasteiger partial charge on any atom is -0.313 e. The molecular weight excluding hydrogens is 212 g/mol. The molecule has 1 heterocycles. The van der Waals surface area contributed by atoms with E-state index in [4.69, 9.17) is 11.0 Å². The minimum absolute atomic E-state index is 0.606. The van der Waals surface area contributed by atoms with E-state index in [2.05, 4.69) is 22.8 Å². The summed E-state index contributed by atoms with van der Waals surface area (Å²) in [5.41, 5.74) is 5.36. The number of nitrogens with two attached hydrogens (primary N) is 1. The molecule has 0 radical (unpaired) electrons. The van der Waals surface area contributed by atoms with Gasteiger partial charge in [0.2, 0.25) is 0 Å². The lowest BCUT2D eigenvalue weighted by atomic mass is 9.93. The van der Waals surface area contributed by atoms with Crippen molar-refractivity contribution in [2.45, 2.75) is 38.6 Å². The predicted octanol–water partition coefficient (Wildman–Crippen LogP) is 1.04. The lowest BCUT2D eigenvalue weighted by Crippen LogP contribution is -2.46. The van der Waals surface area contributed by atoms with Crippen LogP contribution < -0.4 is 5.73 Å². The van der Waals surface area contributed by atoms with Crippen molar-refractivity contribution in [3.8, 4) is 6.07 Å². The lowest BCUT2D eigenvalue weighted by Gasteiger charge is -2.34. The van der Waals surface area contributed by atoms with Crippen molar-refractivity contribution in [2.24, 2.45) is 5.73 Å². The summed E-state index contributed by atoms with van der Waals surface area (Å²) in [5.74, 6) is 0. The van der Waals surface area contributed by atoms with E-state index in [1.165, 1.54) is 13.1 Å². The largest absolute Gasteiger partial charge is 0.313 e. The zero-order chi connectivity index (χ0) is 12.7. The van der Waals surface area contributed by atoms with E-state index >= 15 is 0 Å². The van der Waals surface area contributed by atoms with Crippen LogP contribution in [0, 0.1) is 11.3 Å². The third-order valence-corrected chi connectivity index (χ3v) is 3.86. The van der Waals surface area contributed by atoms with E-state index in [0.717, 1.165) is 45.4 Å². The Morgan fingerprint density at radius 1 is 1.18 bits per heavy atom. The lowest BCUT2D eigenvalue weighted by molar-refractivity contribution is 0.134. The van der Waals surface area contributed by atoms with Gasteiger partial charge < -0.3 is 15.5 Å².